The molecule has 4 aliphatic carbocycles. The number of Topliss-reactive ketones (excluding diaryl/α,β-unsaturated/α-hetero) is 1. The SMILES string of the molecule is C[C@@]12C(=O)CC[C@H]1[C@@H]1CCC3=CC(=O)CC[C@@H]3[C@H]1C[C@H]2OC(=O)CBr. The summed E-state index contributed by atoms with van der Waals surface area (Å²) in [5.74, 6) is 1.93. The fourth-order valence-corrected chi connectivity index (χ4v) is 6.42. The van der Waals surface area contributed by atoms with Crippen LogP contribution in [0.15, 0.2) is 11.6 Å². The number of alkyl halides is 1. The number of hydrogen-bond acceptors (Lipinski definition) is 4. The van der Waals surface area contributed by atoms with Gasteiger partial charge in [-0.05, 0) is 68.8 Å². The third kappa shape index (κ3) is 2.65. The summed E-state index contributed by atoms with van der Waals surface area (Å²) in [6, 6.07) is 0. The van der Waals surface area contributed by atoms with Gasteiger partial charge < -0.3 is 4.74 Å². The molecule has 0 N–H and O–H groups in total. The molecule has 0 aliphatic heterocycles. The maximum atomic E-state index is 12.8. The fraction of sp³-hybridized carbons (Fsp3) is 0.750. The van der Waals surface area contributed by atoms with Crippen LogP contribution in [0, 0.1) is 29.1 Å². The van der Waals surface area contributed by atoms with Gasteiger partial charge in [0.05, 0.1) is 5.41 Å². The first kappa shape index (κ1) is 17.4. The van der Waals surface area contributed by atoms with Crippen molar-refractivity contribution < 1.29 is 19.1 Å². The largest absolute Gasteiger partial charge is 0.461 e. The molecule has 0 aromatic heterocycles. The lowest BCUT2D eigenvalue weighted by Gasteiger charge is -2.54. The van der Waals surface area contributed by atoms with Gasteiger partial charge in [-0.3, -0.25) is 14.4 Å². The molecule has 0 aromatic rings. The summed E-state index contributed by atoms with van der Waals surface area (Å²) in [6.45, 7) is 2.03. The van der Waals surface area contributed by atoms with Crippen LogP contribution in [0.1, 0.15) is 51.9 Å². The molecule has 0 amide bonds. The van der Waals surface area contributed by atoms with Gasteiger partial charge in [0, 0.05) is 12.8 Å². The summed E-state index contributed by atoms with van der Waals surface area (Å²) in [6.07, 6.45) is 7.44. The summed E-state index contributed by atoms with van der Waals surface area (Å²) in [5.41, 5.74) is 0.779. The zero-order valence-corrected chi connectivity index (χ0v) is 16.2. The maximum Gasteiger partial charge on any atom is 0.316 e. The molecular weight excluding hydrogens is 384 g/mol. The van der Waals surface area contributed by atoms with E-state index in [2.05, 4.69) is 15.9 Å². The van der Waals surface area contributed by atoms with Crippen molar-refractivity contribution in [1.29, 1.82) is 0 Å². The van der Waals surface area contributed by atoms with Crippen LogP contribution < -0.4 is 0 Å². The molecule has 4 aliphatic rings. The second-order valence-corrected chi connectivity index (χ2v) is 8.96. The van der Waals surface area contributed by atoms with E-state index in [0.29, 0.717) is 36.5 Å². The average Bonchev–Trinajstić information content (AvgIpc) is 2.91. The van der Waals surface area contributed by atoms with Crippen molar-refractivity contribution in [3.05, 3.63) is 11.6 Å². The third-order valence-electron chi connectivity index (χ3n) is 7.47. The Morgan fingerprint density at radius 3 is 2.76 bits per heavy atom. The van der Waals surface area contributed by atoms with Crippen molar-refractivity contribution >= 4 is 33.5 Å². The van der Waals surface area contributed by atoms with Gasteiger partial charge in [-0.25, -0.2) is 0 Å². The Labute approximate surface area is 156 Å². The van der Waals surface area contributed by atoms with Gasteiger partial charge in [-0.15, -0.1) is 0 Å². The normalized spacial score (nSPS) is 43.0. The first-order valence-corrected chi connectivity index (χ1v) is 10.6. The standard InChI is InChI=1S/C20H25BrO4/c1-20-16(6-7-17(20)23)14-4-2-11-8-12(22)3-5-13(11)15(14)9-18(20)25-19(24)10-21/h8,13-16,18H,2-7,9-10H2,1H3/t13-,14+,15+,16-,18+,20-/m0/s1. The summed E-state index contributed by atoms with van der Waals surface area (Å²) in [4.78, 5) is 36.5. The van der Waals surface area contributed by atoms with E-state index < -0.39 is 5.41 Å². The van der Waals surface area contributed by atoms with Crippen LogP contribution >= 0.6 is 15.9 Å². The molecule has 0 bridgehead atoms. The van der Waals surface area contributed by atoms with Crippen molar-refractivity contribution in [2.75, 3.05) is 5.33 Å². The molecule has 0 heterocycles. The smallest absolute Gasteiger partial charge is 0.316 e. The number of ketones is 2. The Hall–Kier alpha value is -0.970. The molecule has 3 saturated carbocycles. The van der Waals surface area contributed by atoms with Crippen LogP contribution in [-0.4, -0.2) is 29.0 Å². The maximum absolute atomic E-state index is 12.8. The van der Waals surface area contributed by atoms with Crippen molar-refractivity contribution in [3.8, 4) is 0 Å². The van der Waals surface area contributed by atoms with Crippen LogP contribution in [0.5, 0.6) is 0 Å². The van der Waals surface area contributed by atoms with Crippen molar-refractivity contribution in [2.24, 2.45) is 29.1 Å². The van der Waals surface area contributed by atoms with E-state index in [1.807, 2.05) is 13.0 Å². The Morgan fingerprint density at radius 1 is 1.20 bits per heavy atom. The molecular formula is C20H25BrO4. The molecule has 136 valence electrons. The lowest BCUT2D eigenvalue weighted by molar-refractivity contribution is -0.171. The van der Waals surface area contributed by atoms with Crippen LogP contribution in [0.3, 0.4) is 0 Å². The fourth-order valence-electron chi connectivity index (χ4n) is 6.29. The molecule has 6 atom stereocenters. The lowest BCUT2D eigenvalue weighted by atomic mass is 9.51. The van der Waals surface area contributed by atoms with Gasteiger partial charge in [-0.1, -0.05) is 21.5 Å². The molecule has 25 heavy (non-hydrogen) atoms. The van der Waals surface area contributed by atoms with E-state index in [-0.39, 0.29) is 29.0 Å². The second-order valence-electron chi connectivity index (χ2n) is 8.40. The Morgan fingerprint density at radius 2 is 2.00 bits per heavy atom. The van der Waals surface area contributed by atoms with Crippen molar-refractivity contribution in [2.45, 2.75) is 58.0 Å². The number of allylic oxidation sites excluding steroid dienone is 1. The van der Waals surface area contributed by atoms with Crippen LogP contribution in [0.2, 0.25) is 0 Å². The molecule has 0 saturated heterocycles. The van der Waals surface area contributed by atoms with Gasteiger partial charge in [0.25, 0.3) is 0 Å². The van der Waals surface area contributed by atoms with Gasteiger partial charge in [0.15, 0.2) is 5.78 Å². The van der Waals surface area contributed by atoms with Crippen molar-refractivity contribution in [1.82, 2.24) is 0 Å². The Kier molecular flexibility index (Phi) is 4.41. The minimum atomic E-state index is -0.523. The molecule has 5 heteroatoms. The predicted molar refractivity (Wildman–Crippen MR) is 96.2 cm³/mol. The number of carbonyl (C=O) groups excluding carboxylic acids is 3. The highest BCUT2D eigenvalue weighted by Gasteiger charge is 2.61. The molecule has 4 nitrogen and oxygen atoms in total. The molecule has 3 fully saturated rings. The van der Waals surface area contributed by atoms with Crippen LogP contribution in [-0.2, 0) is 19.1 Å². The average molecular weight is 409 g/mol. The van der Waals surface area contributed by atoms with Gasteiger partial charge in [0.1, 0.15) is 17.2 Å². The van der Waals surface area contributed by atoms with Gasteiger partial charge in [-0.2, -0.15) is 0 Å². The van der Waals surface area contributed by atoms with Crippen molar-refractivity contribution in [3.63, 3.8) is 0 Å². The zero-order chi connectivity index (χ0) is 17.8. The quantitative estimate of drug-likeness (QED) is 0.517. The van der Waals surface area contributed by atoms with Gasteiger partial charge >= 0.3 is 5.97 Å². The monoisotopic (exact) mass is 408 g/mol. The molecule has 0 radical (unpaired) electrons. The highest BCUT2D eigenvalue weighted by molar-refractivity contribution is 9.09. The predicted octanol–water partition coefficient (Wildman–Crippen LogP) is 3.61. The first-order valence-electron chi connectivity index (χ1n) is 9.47. The van der Waals surface area contributed by atoms with Gasteiger partial charge in [0.2, 0.25) is 0 Å². The number of fused-ring (bicyclic) bond motifs is 5. The molecule has 4 rings (SSSR count). The summed E-state index contributed by atoms with van der Waals surface area (Å²) >= 11 is 3.17. The topological polar surface area (TPSA) is 60.4 Å². The number of esters is 1. The number of ether oxygens (including phenoxy) is 1. The summed E-state index contributed by atoms with van der Waals surface area (Å²) < 4.78 is 5.78. The first-order chi connectivity index (χ1) is 11.9. The van der Waals surface area contributed by atoms with E-state index in [9.17, 15) is 14.4 Å². The summed E-state index contributed by atoms with van der Waals surface area (Å²) in [5, 5.41) is 0.162. The minimum absolute atomic E-state index is 0.162. The van der Waals surface area contributed by atoms with Crippen LogP contribution in [0.25, 0.3) is 0 Å². The lowest BCUT2D eigenvalue weighted by Crippen LogP contribution is -2.55. The highest BCUT2D eigenvalue weighted by Crippen LogP contribution is 2.61. The summed E-state index contributed by atoms with van der Waals surface area (Å²) in [7, 11) is 0. The highest BCUT2D eigenvalue weighted by atomic mass is 79.9. The van der Waals surface area contributed by atoms with Crippen LogP contribution in [0.4, 0.5) is 0 Å². The molecule has 0 unspecified atom stereocenters. The Bertz CT molecular complexity index is 654. The molecule has 0 spiro atoms. The van der Waals surface area contributed by atoms with E-state index in [0.717, 1.165) is 32.1 Å². The van der Waals surface area contributed by atoms with E-state index >= 15 is 0 Å². The molecule has 0 aromatic carbocycles. The second kappa shape index (κ2) is 6.33. The zero-order valence-electron chi connectivity index (χ0n) is 14.6. The Balaban J connectivity index is 1.68. The number of halogens is 1. The van der Waals surface area contributed by atoms with E-state index in [1.54, 1.807) is 0 Å². The number of carbonyl (C=O) groups is 3. The number of rotatable bonds is 2. The van der Waals surface area contributed by atoms with E-state index in [1.165, 1.54) is 5.57 Å². The van der Waals surface area contributed by atoms with E-state index in [4.69, 9.17) is 4.74 Å². The third-order valence-corrected chi connectivity index (χ3v) is 7.92. The number of hydrogen-bond donors (Lipinski definition) is 0. The minimum Gasteiger partial charge on any atom is -0.461 e.